The molecule has 7 nitrogen and oxygen atoms in total. The van der Waals surface area contributed by atoms with E-state index in [4.69, 9.17) is 16.1 Å². The molecule has 0 aliphatic carbocycles. The molecule has 1 saturated heterocycles. The van der Waals surface area contributed by atoms with Crippen LogP contribution in [-0.2, 0) is 10.0 Å². The third-order valence-electron chi connectivity index (χ3n) is 4.08. The lowest BCUT2D eigenvalue weighted by molar-refractivity contribution is -0.0497. The van der Waals surface area contributed by atoms with Gasteiger partial charge in [0, 0.05) is 31.7 Å². The highest BCUT2D eigenvalue weighted by molar-refractivity contribution is 7.90. The molecule has 3 rings (SSSR count). The Labute approximate surface area is 157 Å². The number of sulfonamides is 1. The average Bonchev–Trinajstić information content (AvgIpc) is 3.10. The maximum Gasteiger partial charge on any atom is 0.511 e. The number of aromatic nitrogens is 1. The third-order valence-corrected chi connectivity index (χ3v) is 6.04. The Balaban J connectivity index is 1.77. The number of alkyl halides is 3. The third kappa shape index (κ3) is 3.66. The highest BCUT2D eigenvalue weighted by Gasteiger charge is 2.50. The molecule has 1 fully saturated rings. The molecule has 0 unspecified atom stereocenters. The van der Waals surface area contributed by atoms with Gasteiger partial charge in [0.1, 0.15) is 5.56 Å². The molecule has 1 aromatic heterocycles. The van der Waals surface area contributed by atoms with E-state index in [1.54, 1.807) is 24.3 Å². The summed E-state index contributed by atoms with van der Waals surface area (Å²) in [5, 5.41) is 3.94. The molecule has 1 aliphatic rings. The minimum atomic E-state index is -5.41. The second-order valence-electron chi connectivity index (χ2n) is 5.69. The van der Waals surface area contributed by atoms with Gasteiger partial charge in [-0.05, 0) is 12.1 Å². The zero-order valence-corrected chi connectivity index (χ0v) is 15.2. The average molecular weight is 424 g/mol. The van der Waals surface area contributed by atoms with Crippen LogP contribution in [0.15, 0.2) is 35.0 Å². The molecular formula is C15H13ClF3N3O4S. The van der Waals surface area contributed by atoms with Crippen molar-refractivity contribution in [1.82, 2.24) is 14.4 Å². The second-order valence-corrected chi connectivity index (χ2v) is 8.03. The Morgan fingerprint density at radius 2 is 1.78 bits per heavy atom. The summed E-state index contributed by atoms with van der Waals surface area (Å²) in [4.78, 5) is 14.0. The standard InChI is InChI=1S/C15H13ClF3N3O4S/c16-12-4-2-1-3-10(12)13-11(9-20-26-13)14(23)21-5-7-22(8-6-21)27(24,25)15(17,18)19/h1-4,9H,5-8H2. The highest BCUT2D eigenvalue weighted by atomic mass is 35.5. The molecule has 0 atom stereocenters. The fourth-order valence-electron chi connectivity index (χ4n) is 2.68. The fourth-order valence-corrected chi connectivity index (χ4v) is 3.84. The van der Waals surface area contributed by atoms with Gasteiger partial charge in [0.25, 0.3) is 5.91 Å². The molecule has 146 valence electrons. The van der Waals surface area contributed by atoms with Gasteiger partial charge in [-0.2, -0.15) is 17.5 Å². The predicted octanol–water partition coefficient (Wildman–Crippen LogP) is 2.60. The van der Waals surface area contributed by atoms with Gasteiger partial charge in [0.05, 0.1) is 11.2 Å². The van der Waals surface area contributed by atoms with Crippen LogP contribution in [0.3, 0.4) is 0 Å². The molecule has 12 heteroatoms. The van der Waals surface area contributed by atoms with E-state index < -0.39 is 34.5 Å². The van der Waals surface area contributed by atoms with Crippen LogP contribution in [0, 0.1) is 0 Å². The first-order valence-corrected chi connectivity index (χ1v) is 9.50. The zero-order valence-electron chi connectivity index (χ0n) is 13.6. The molecule has 0 radical (unpaired) electrons. The van der Waals surface area contributed by atoms with Crippen LogP contribution < -0.4 is 0 Å². The molecular weight excluding hydrogens is 411 g/mol. The van der Waals surface area contributed by atoms with Crippen molar-refractivity contribution in [2.75, 3.05) is 26.2 Å². The van der Waals surface area contributed by atoms with Crippen LogP contribution in [0.25, 0.3) is 11.3 Å². The smallest absolute Gasteiger partial charge is 0.355 e. The monoisotopic (exact) mass is 423 g/mol. The Bertz CT molecular complexity index is 953. The first-order valence-electron chi connectivity index (χ1n) is 7.68. The number of rotatable bonds is 3. The fraction of sp³-hybridized carbons (Fsp3) is 0.333. The lowest BCUT2D eigenvalue weighted by Crippen LogP contribution is -2.53. The van der Waals surface area contributed by atoms with Gasteiger partial charge >= 0.3 is 15.5 Å². The van der Waals surface area contributed by atoms with E-state index in [1.807, 2.05) is 0 Å². The molecule has 0 N–H and O–H groups in total. The van der Waals surface area contributed by atoms with E-state index in [-0.39, 0.29) is 24.4 Å². The van der Waals surface area contributed by atoms with E-state index in [1.165, 1.54) is 11.1 Å². The van der Waals surface area contributed by atoms with Crippen molar-refractivity contribution in [3.8, 4) is 11.3 Å². The molecule has 0 bridgehead atoms. The van der Waals surface area contributed by atoms with Crippen LogP contribution >= 0.6 is 11.6 Å². The largest absolute Gasteiger partial charge is 0.511 e. The number of hydrogen-bond donors (Lipinski definition) is 0. The minimum Gasteiger partial charge on any atom is -0.355 e. The number of nitrogens with zero attached hydrogens (tertiary/aromatic N) is 3. The normalized spacial score (nSPS) is 16.5. The van der Waals surface area contributed by atoms with Crippen molar-refractivity contribution in [1.29, 1.82) is 0 Å². The lowest BCUT2D eigenvalue weighted by Gasteiger charge is -2.34. The number of amides is 1. The van der Waals surface area contributed by atoms with E-state index in [9.17, 15) is 26.4 Å². The van der Waals surface area contributed by atoms with Gasteiger partial charge in [0.2, 0.25) is 0 Å². The SMILES string of the molecule is O=C(c1cnoc1-c1ccccc1Cl)N1CCN(S(=O)(=O)C(F)(F)F)CC1. The first-order chi connectivity index (χ1) is 12.6. The molecule has 2 aromatic rings. The van der Waals surface area contributed by atoms with E-state index in [0.717, 1.165) is 0 Å². The summed E-state index contributed by atoms with van der Waals surface area (Å²) in [6.07, 6.45) is 1.19. The second kappa shape index (κ2) is 7.13. The molecule has 1 aliphatic heterocycles. The van der Waals surface area contributed by atoms with Gasteiger partial charge in [-0.25, -0.2) is 8.42 Å². The summed E-state index contributed by atoms with van der Waals surface area (Å²) in [7, 11) is -5.41. The Morgan fingerprint density at radius 1 is 1.15 bits per heavy atom. The molecule has 1 aromatic carbocycles. The van der Waals surface area contributed by atoms with Crippen LogP contribution in [0.4, 0.5) is 13.2 Å². The van der Waals surface area contributed by atoms with E-state index in [0.29, 0.717) is 14.9 Å². The van der Waals surface area contributed by atoms with Gasteiger partial charge in [-0.15, -0.1) is 0 Å². The summed E-state index contributed by atoms with van der Waals surface area (Å²) in [6.45, 7) is -1.30. The van der Waals surface area contributed by atoms with Gasteiger partial charge in [0.15, 0.2) is 5.76 Å². The van der Waals surface area contributed by atoms with Crippen LogP contribution in [0.2, 0.25) is 5.02 Å². The van der Waals surface area contributed by atoms with Crippen molar-refractivity contribution < 1.29 is 30.9 Å². The van der Waals surface area contributed by atoms with Crippen molar-refractivity contribution in [3.05, 3.63) is 41.0 Å². The van der Waals surface area contributed by atoms with Gasteiger partial charge in [-0.1, -0.05) is 28.9 Å². The number of piperazine rings is 1. The molecule has 0 spiro atoms. The topological polar surface area (TPSA) is 83.7 Å². The van der Waals surface area contributed by atoms with E-state index >= 15 is 0 Å². The minimum absolute atomic E-state index is 0.0928. The number of hydrogen-bond acceptors (Lipinski definition) is 5. The van der Waals surface area contributed by atoms with Crippen molar-refractivity contribution in [2.45, 2.75) is 5.51 Å². The summed E-state index contributed by atoms with van der Waals surface area (Å²) < 4.78 is 66.2. The van der Waals surface area contributed by atoms with Crippen molar-refractivity contribution in [2.24, 2.45) is 0 Å². The lowest BCUT2D eigenvalue weighted by atomic mass is 10.1. The Hall–Kier alpha value is -2.11. The van der Waals surface area contributed by atoms with Crippen LogP contribution in [0.1, 0.15) is 10.4 Å². The summed E-state index contributed by atoms with van der Waals surface area (Å²) >= 11 is 6.10. The maximum atomic E-state index is 12.7. The molecule has 2 heterocycles. The van der Waals surface area contributed by atoms with Gasteiger partial charge < -0.3 is 9.42 Å². The van der Waals surface area contributed by atoms with Crippen molar-refractivity contribution >= 4 is 27.5 Å². The van der Waals surface area contributed by atoms with Gasteiger partial charge in [-0.3, -0.25) is 4.79 Å². The quantitative estimate of drug-likeness (QED) is 0.757. The molecule has 0 saturated carbocycles. The summed E-state index contributed by atoms with van der Waals surface area (Å²) in [5.41, 5.74) is -4.83. The van der Waals surface area contributed by atoms with Crippen LogP contribution in [-0.4, -0.2) is 60.4 Å². The molecule has 1 amide bonds. The number of benzene rings is 1. The Morgan fingerprint density at radius 3 is 2.37 bits per heavy atom. The predicted molar refractivity (Wildman–Crippen MR) is 89.4 cm³/mol. The van der Waals surface area contributed by atoms with Crippen molar-refractivity contribution in [3.63, 3.8) is 0 Å². The van der Waals surface area contributed by atoms with Crippen LogP contribution in [0.5, 0.6) is 0 Å². The Kier molecular flexibility index (Phi) is 5.19. The molecule has 27 heavy (non-hydrogen) atoms. The number of halogens is 4. The summed E-state index contributed by atoms with van der Waals surface area (Å²) in [6, 6.07) is 6.63. The highest BCUT2D eigenvalue weighted by Crippen LogP contribution is 2.31. The summed E-state index contributed by atoms with van der Waals surface area (Å²) in [5.74, 6) is -0.397. The zero-order chi connectivity index (χ0) is 19.8. The maximum absolute atomic E-state index is 12.7. The number of carbonyl (C=O) groups is 1. The van der Waals surface area contributed by atoms with E-state index in [2.05, 4.69) is 5.16 Å². The number of carbonyl (C=O) groups excluding carboxylic acids is 1. The first kappa shape index (κ1) is 19.6.